The van der Waals surface area contributed by atoms with Crippen molar-refractivity contribution in [2.24, 2.45) is 0 Å². The maximum Gasteiger partial charge on any atom is 0.212 e. The van der Waals surface area contributed by atoms with Crippen LogP contribution in [0, 0.1) is 12.7 Å². The molecule has 2 aromatic heterocycles. The van der Waals surface area contributed by atoms with Crippen LogP contribution in [0.4, 0.5) is 4.39 Å². The van der Waals surface area contributed by atoms with Crippen LogP contribution in [-0.4, -0.2) is 31.3 Å². The minimum absolute atomic E-state index is 0.0199. The van der Waals surface area contributed by atoms with Gasteiger partial charge < -0.3 is 0 Å². The van der Waals surface area contributed by atoms with Gasteiger partial charge in [0.1, 0.15) is 5.82 Å². The summed E-state index contributed by atoms with van der Waals surface area (Å²) in [6.45, 7) is 1.98. The van der Waals surface area contributed by atoms with Crippen molar-refractivity contribution >= 4 is 23.2 Å². The van der Waals surface area contributed by atoms with E-state index in [0.717, 1.165) is 11.1 Å². The number of aromatic nitrogens is 4. The molecule has 0 spiro atoms. The van der Waals surface area contributed by atoms with Crippen molar-refractivity contribution in [2.45, 2.75) is 12.1 Å². The highest BCUT2D eigenvalue weighted by Crippen LogP contribution is 2.21. The fraction of sp³-hybridized carbons (Fsp3) is 0.100. The van der Waals surface area contributed by atoms with E-state index in [1.54, 1.807) is 22.7 Å². The highest BCUT2D eigenvalue weighted by molar-refractivity contribution is 7.99. The number of rotatable bonds is 5. The molecule has 2 aromatic carbocycles. The second kappa shape index (κ2) is 7.28. The third-order valence-electron chi connectivity index (χ3n) is 4.08. The number of carbonyl (C=O) groups is 1. The topological polar surface area (TPSA) is 60.2 Å². The van der Waals surface area contributed by atoms with Gasteiger partial charge in [0, 0.05) is 11.1 Å². The summed E-state index contributed by atoms with van der Waals surface area (Å²) in [6, 6.07) is 17.2. The molecule has 0 aliphatic carbocycles. The molecule has 0 fully saturated rings. The molecule has 4 rings (SSSR count). The minimum atomic E-state index is -0.296. The van der Waals surface area contributed by atoms with Crippen molar-refractivity contribution < 1.29 is 9.18 Å². The number of carbonyl (C=O) groups excluding carboxylic acids is 1. The normalized spacial score (nSPS) is 11.0. The molecule has 0 radical (unpaired) electrons. The lowest BCUT2D eigenvalue weighted by Crippen LogP contribution is -2.04. The van der Waals surface area contributed by atoms with Gasteiger partial charge in [-0.15, -0.1) is 10.2 Å². The third kappa shape index (κ3) is 3.73. The fourth-order valence-corrected chi connectivity index (χ4v) is 3.37. The number of ketones is 1. The molecule has 4 aromatic rings. The van der Waals surface area contributed by atoms with E-state index >= 15 is 0 Å². The molecule has 2 heterocycles. The van der Waals surface area contributed by atoms with Gasteiger partial charge in [-0.25, -0.2) is 4.39 Å². The van der Waals surface area contributed by atoms with Gasteiger partial charge >= 0.3 is 0 Å². The lowest BCUT2D eigenvalue weighted by Gasteiger charge is -2.03. The second-order valence-electron chi connectivity index (χ2n) is 6.06. The number of aryl methyl sites for hydroxylation is 1. The molecule has 0 aliphatic heterocycles. The first-order valence-corrected chi connectivity index (χ1v) is 9.30. The Labute approximate surface area is 159 Å². The Bertz CT molecular complexity index is 1110. The van der Waals surface area contributed by atoms with Gasteiger partial charge in [-0.2, -0.15) is 9.61 Å². The van der Waals surface area contributed by atoms with Crippen molar-refractivity contribution in [1.29, 1.82) is 0 Å². The van der Waals surface area contributed by atoms with E-state index < -0.39 is 0 Å². The van der Waals surface area contributed by atoms with Crippen LogP contribution in [0.3, 0.4) is 0 Å². The summed E-state index contributed by atoms with van der Waals surface area (Å²) in [5.41, 5.74) is 3.83. The molecular weight excluding hydrogens is 363 g/mol. The molecule has 0 amide bonds. The van der Waals surface area contributed by atoms with Crippen LogP contribution >= 0.6 is 11.8 Å². The lowest BCUT2D eigenvalue weighted by molar-refractivity contribution is 0.102. The zero-order chi connectivity index (χ0) is 18.8. The number of hydrogen-bond acceptors (Lipinski definition) is 5. The third-order valence-corrected chi connectivity index (χ3v) is 5.00. The maximum atomic E-state index is 13.1. The van der Waals surface area contributed by atoms with E-state index in [1.807, 2.05) is 37.3 Å². The van der Waals surface area contributed by atoms with Crippen LogP contribution in [-0.2, 0) is 0 Å². The standard InChI is InChI=1S/C20H15FN4OS/c1-13-2-4-15(5-3-13)18(26)12-27-20-23-22-19-11-10-17(24-25(19)20)14-6-8-16(21)9-7-14/h2-11H,12H2,1H3. The molecule has 5 nitrogen and oxygen atoms in total. The molecule has 27 heavy (non-hydrogen) atoms. The van der Waals surface area contributed by atoms with Crippen molar-refractivity contribution in [1.82, 2.24) is 19.8 Å². The van der Waals surface area contributed by atoms with Crippen molar-refractivity contribution in [3.63, 3.8) is 0 Å². The summed E-state index contributed by atoms with van der Waals surface area (Å²) in [6.07, 6.45) is 0. The summed E-state index contributed by atoms with van der Waals surface area (Å²) >= 11 is 1.29. The summed E-state index contributed by atoms with van der Waals surface area (Å²) in [7, 11) is 0. The Balaban J connectivity index is 1.56. The summed E-state index contributed by atoms with van der Waals surface area (Å²) in [5, 5.41) is 13.3. The monoisotopic (exact) mass is 378 g/mol. The molecule has 0 N–H and O–H groups in total. The highest BCUT2D eigenvalue weighted by Gasteiger charge is 2.13. The van der Waals surface area contributed by atoms with Gasteiger partial charge in [-0.1, -0.05) is 41.6 Å². The molecule has 0 bridgehead atoms. The van der Waals surface area contributed by atoms with Crippen LogP contribution < -0.4 is 0 Å². The van der Waals surface area contributed by atoms with Gasteiger partial charge in [0.15, 0.2) is 11.4 Å². The summed E-state index contributed by atoms with van der Waals surface area (Å²) in [5.74, 6) is -0.0341. The number of Topliss-reactive ketones (excluding diaryl/α,β-unsaturated/α-hetero) is 1. The number of thioether (sulfide) groups is 1. The Morgan fingerprint density at radius 1 is 1.00 bits per heavy atom. The molecule has 0 unspecified atom stereocenters. The van der Waals surface area contributed by atoms with Crippen molar-refractivity contribution in [3.8, 4) is 11.3 Å². The predicted octanol–water partition coefficient (Wildman–Crippen LogP) is 4.21. The van der Waals surface area contributed by atoms with Crippen LogP contribution in [0.25, 0.3) is 16.9 Å². The first-order chi connectivity index (χ1) is 13.1. The Morgan fingerprint density at radius 2 is 1.74 bits per heavy atom. The molecule has 0 saturated carbocycles. The highest BCUT2D eigenvalue weighted by atomic mass is 32.2. The van der Waals surface area contributed by atoms with Gasteiger partial charge in [-0.3, -0.25) is 4.79 Å². The maximum absolute atomic E-state index is 13.1. The smallest absolute Gasteiger partial charge is 0.212 e. The van der Waals surface area contributed by atoms with Crippen molar-refractivity contribution in [3.05, 3.63) is 77.6 Å². The molecule has 0 aliphatic rings. The summed E-state index contributed by atoms with van der Waals surface area (Å²) < 4.78 is 14.7. The number of halogens is 1. The Kier molecular flexibility index (Phi) is 4.68. The van der Waals surface area contributed by atoms with E-state index in [9.17, 15) is 9.18 Å². The first kappa shape index (κ1) is 17.4. The zero-order valence-corrected chi connectivity index (χ0v) is 15.3. The van der Waals surface area contributed by atoms with Crippen LogP contribution in [0.1, 0.15) is 15.9 Å². The van der Waals surface area contributed by atoms with Crippen LogP contribution in [0.2, 0.25) is 0 Å². The van der Waals surface area contributed by atoms with Crippen LogP contribution in [0.15, 0.2) is 65.8 Å². The van der Waals surface area contributed by atoms with E-state index in [4.69, 9.17) is 0 Å². The molecular formula is C20H15FN4OS. The second-order valence-corrected chi connectivity index (χ2v) is 7.00. The van der Waals surface area contributed by atoms with E-state index in [1.165, 1.54) is 23.9 Å². The van der Waals surface area contributed by atoms with Gasteiger partial charge in [0.05, 0.1) is 11.4 Å². The molecule has 0 saturated heterocycles. The van der Waals surface area contributed by atoms with E-state index in [-0.39, 0.29) is 17.4 Å². The Morgan fingerprint density at radius 3 is 2.48 bits per heavy atom. The lowest BCUT2D eigenvalue weighted by atomic mass is 10.1. The molecule has 7 heteroatoms. The number of hydrogen-bond donors (Lipinski definition) is 0. The van der Waals surface area contributed by atoms with Crippen molar-refractivity contribution in [2.75, 3.05) is 5.75 Å². The van der Waals surface area contributed by atoms with Gasteiger partial charge in [0.25, 0.3) is 0 Å². The number of benzene rings is 2. The fourth-order valence-electron chi connectivity index (χ4n) is 2.59. The van der Waals surface area contributed by atoms with Crippen LogP contribution in [0.5, 0.6) is 0 Å². The average molecular weight is 378 g/mol. The average Bonchev–Trinajstić information content (AvgIpc) is 3.09. The van der Waals surface area contributed by atoms with Gasteiger partial charge in [-0.05, 0) is 43.3 Å². The van der Waals surface area contributed by atoms with Gasteiger partial charge in [0.2, 0.25) is 5.16 Å². The quantitative estimate of drug-likeness (QED) is 0.384. The summed E-state index contributed by atoms with van der Waals surface area (Å²) in [4.78, 5) is 12.4. The minimum Gasteiger partial charge on any atom is -0.293 e. The number of nitrogens with zero attached hydrogens (tertiary/aromatic N) is 4. The molecule has 0 atom stereocenters. The first-order valence-electron chi connectivity index (χ1n) is 8.31. The predicted molar refractivity (Wildman–Crippen MR) is 102 cm³/mol. The van der Waals surface area contributed by atoms with E-state index in [2.05, 4.69) is 15.3 Å². The van der Waals surface area contributed by atoms with E-state index in [0.29, 0.717) is 22.1 Å². The largest absolute Gasteiger partial charge is 0.293 e. The zero-order valence-electron chi connectivity index (χ0n) is 14.5. The SMILES string of the molecule is Cc1ccc(C(=O)CSc2nnc3ccc(-c4ccc(F)cc4)nn23)cc1. The number of fused-ring (bicyclic) bond motifs is 1. The molecule has 134 valence electrons. The Hall–Kier alpha value is -3.06.